The van der Waals surface area contributed by atoms with Gasteiger partial charge in [0.1, 0.15) is 6.04 Å². The van der Waals surface area contributed by atoms with Gasteiger partial charge in [-0.05, 0) is 53.3 Å². The Hall–Kier alpha value is -3.64. The van der Waals surface area contributed by atoms with Crippen LogP contribution < -0.4 is 11.0 Å². The number of hydrogen-bond donors (Lipinski definition) is 3. The molecule has 0 saturated carbocycles. The Kier molecular flexibility index (Phi) is 5.85. The number of benzodiazepines with no additional fused rings is 1. The summed E-state index contributed by atoms with van der Waals surface area (Å²) >= 11 is 6.32. The van der Waals surface area contributed by atoms with Crippen LogP contribution >= 0.6 is 11.6 Å². The van der Waals surface area contributed by atoms with E-state index in [1.165, 1.54) is 5.56 Å². The normalized spacial score (nSPS) is 15.9. The van der Waals surface area contributed by atoms with Crippen LogP contribution in [-0.2, 0) is 17.6 Å². The number of anilines is 1. The van der Waals surface area contributed by atoms with Crippen LogP contribution in [0.15, 0.2) is 70.5 Å². The van der Waals surface area contributed by atoms with Crippen molar-refractivity contribution in [1.29, 1.82) is 0 Å². The molecule has 6 nitrogen and oxygen atoms in total. The van der Waals surface area contributed by atoms with E-state index in [0.717, 1.165) is 23.1 Å². The van der Waals surface area contributed by atoms with Crippen molar-refractivity contribution in [2.24, 2.45) is 10.4 Å². The number of H-pyrrole nitrogens is 2. The highest BCUT2D eigenvalue weighted by atomic mass is 35.5. The molecule has 4 aromatic rings. The van der Waals surface area contributed by atoms with Gasteiger partial charge in [0.05, 0.1) is 22.4 Å². The minimum absolute atomic E-state index is 0.168. The first kappa shape index (κ1) is 23.1. The first-order valence-electron chi connectivity index (χ1n) is 11.6. The van der Waals surface area contributed by atoms with E-state index in [-0.39, 0.29) is 17.0 Å². The zero-order valence-corrected chi connectivity index (χ0v) is 20.7. The van der Waals surface area contributed by atoms with Crippen molar-refractivity contribution < 1.29 is 4.79 Å². The highest BCUT2D eigenvalue weighted by Crippen LogP contribution is 2.29. The maximum atomic E-state index is 13.2. The second-order valence-corrected chi connectivity index (χ2v) is 10.7. The molecule has 5 rings (SSSR count). The number of fused-ring (bicyclic) bond motifs is 2. The topological polar surface area (TPSA) is 90.1 Å². The molecule has 3 N–H and O–H groups in total. The van der Waals surface area contributed by atoms with E-state index in [9.17, 15) is 9.59 Å². The Morgan fingerprint density at radius 3 is 2.34 bits per heavy atom. The molecule has 178 valence electrons. The van der Waals surface area contributed by atoms with Crippen LogP contribution in [-0.4, -0.2) is 27.6 Å². The average molecular weight is 487 g/mol. The SMILES string of the molecule is CC(C)(C)Cc1ccc(CC2N=C(c3ccc4[nH]c(=O)[nH]c4c3)c3cc(Cl)ccc3NC2=O)cc1. The molecule has 3 aromatic carbocycles. The number of hydrogen-bond acceptors (Lipinski definition) is 3. The van der Waals surface area contributed by atoms with E-state index in [1.807, 2.05) is 24.3 Å². The predicted octanol–water partition coefficient (Wildman–Crippen LogP) is 5.50. The molecule has 7 heteroatoms. The summed E-state index contributed by atoms with van der Waals surface area (Å²) < 4.78 is 0. The van der Waals surface area contributed by atoms with Gasteiger partial charge in [0, 0.05) is 22.6 Å². The van der Waals surface area contributed by atoms with Crippen LogP contribution in [0.25, 0.3) is 11.0 Å². The van der Waals surface area contributed by atoms with E-state index in [2.05, 4.69) is 60.3 Å². The summed E-state index contributed by atoms with van der Waals surface area (Å²) in [7, 11) is 0. The van der Waals surface area contributed by atoms with Crippen molar-refractivity contribution in [1.82, 2.24) is 9.97 Å². The number of imidazole rings is 1. The zero-order valence-electron chi connectivity index (χ0n) is 19.9. The van der Waals surface area contributed by atoms with Crippen LogP contribution in [0.3, 0.4) is 0 Å². The number of nitrogens with one attached hydrogen (secondary N) is 3. The molecule has 1 unspecified atom stereocenters. The second kappa shape index (κ2) is 8.86. The number of nitrogens with zero attached hydrogens (tertiary/aromatic N) is 1. The van der Waals surface area contributed by atoms with E-state index < -0.39 is 6.04 Å². The van der Waals surface area contributed by atoms with E-state index in [1.54, 1.807) is 12.1 Å². The van der Waals surface area contributed by atoms with Crippen molar-refractivity contribution in [3.05, 3.63) is 98.4 Å². The number of aromatic amines is 2. The fourth-order valence-electron chi connectivity index (χ4n) is 4.50. The number of halogens is 1. The highest BCUT2D eigenvalue weighted by molar-refractivity contribution is 6.32. The predicted molar refractivity (Wildman–Crippen MR) is 142 cm³/mol. The number of rotatable bonds is 4. The number of benzene rings is 3. The molecule has 0 fully saturated rings. The van der Waals surface area contributed by atoms with Crippen molar-refractivity contribution in [3.8, 4) is 0 Å². The molecule has 0 spiro atoms. The Bertz CT molecular complexity index is 1510. The third-order valence-electron chi connectivity index (χ3n) is 6.06. The first-order chi connectivity index (χ1) is 16.6. The standard InChI is InChI=1S/C28H27ClN4O2/c1-28(2,3)15-17-6-4-16(5-7-17)12-24-26(34)31-21-11-9-19(29)14-20(21)25(30-24)18-8-10-22-23(13-18)33-27(35)32-22/h4-11,13-14,24H,12,15H2,1-3H3,(H,31,34)(H2,32,33,35). The maximum absolute atomic E-state index is 13.2. The summed E-state index contributed by atoms with van der Waals surface area (Å²) in [5.41, 5.74) is 6.47. The lowest BCUT2D eigenvalue weighted by Crippen LogP contribution is -2.27. The van der Waals surface area contributed by atoms with Gasteiger partial charge in [0.15, 0.2) is 0 Å². The van der Waals surface area contributed by atoms with Gasteiger partial charge in [0.25, 0.3) is 0 Å². The molecule has 0 radical (unpaired) electrons. The Labute approximate surface area is 208 Å². The van der Waals surface area contributed by atoms with Crippen LogP contribution in [0, 0.1) is 5.41 Å². The molecule has 1 aliphatic heterocycles. The number of aliphatic imine (C=N–C) groups is 1. The summed E-state index contributed by atoms with van der Waals surface area (Å²) in [6.07, 6.45) is 1.45. The summed E-state index contributed by atoms with van der Waals surface area (Å²) in [6.45, 7) is 6.66. The molecule has 1 atom stereocenters. The van der Waals surface area contributed by atoms with Gasteiger partial charge in [-0.1, -0.05) is 62.7 Å². The zero-order chi connectivity index (χ0) is 24.7. The van der Waals surface area contributed by atoms with Gasteiger partial charge in [-0.2, -0.15) is 0 Å². The molecule has 0 aliphatic carbocycles. The van der Waals surface area contributed by atoms with Gasteiger partial charge in [-0.3, -0.25) is 9.79 Å². The molecule has 2 heterocycles. The second-order valence-electron chi connectivity index (χ2n) is 10.3. The van der Waals surface area contributed by atoms with Gasteiger partial charge in [0.2, 0.25) is 5.91 Å². The van der Waals surface area contributed by atoms with Gasteiger partial charge >= 0.3 is 5.69 Å². The Balaban J connectivity index is 1.54. The first-order valence-corrected chi connectivity index (χ1v) is 12.0. The van der Waals surface area contributed by atoms with Crippen LogP contribution in [0.2, 0.25) is 5.02 Å². The smallest absolute Gasteiger partial charge is 0.323 e. The maximum Gasteiger partial charge on any atom is 0.323 e. The summed E-state index contributed by atoms with van der Waals surface area (Å²) in [6, 6.07) is 18.7. The minimum atomic E-state index is -0.620. The lowest BCUT2D eigenvalue weighted by molar-refractivity contribution is -0.117. The number of amides is 1. The largest absolute Gasteiger partial charge is 0.324 e. The van der Waals surface area contributed by atoms with Crippen molar-refractivity contribution in [2.45, 2.75) is 39.7 Å². The third-order valence-corrected chi connectivity index (χ3v) is 6.29. The number of carbonyl (C=O) groups excluding carboxylic acids is 1. The van der Waals surface area contributed by atoms with E-state index >= 15 is 0 Å². The molecule has 35 heavy (non-hydrogen) atoms. The Morgan fingerprint density at radius 2 is 1.60 bits per heavy atom. The molecule has 0 saturated heterocycles. The van der Waals surface area contributed by atoms with Crippen LogP contribution in [0.5, 0.6) is 0 Å². The number of carbonyl (C=O) groups is 1. The van der Waals surface area contributed by atoms with Crippen LogP contribution in [0.4, 0.5) is 5.69 Å². The van der Waals surface area contributed by atoms with Crippen molar-refractivity contribution in [2.75, 3.05) is 5.32 Å². The monoisotopic (exact) mass is 486 g/mol. The van der Waals surface area contributed by atoms with Crippen molar-refractivity contribution in [3.63, 3.8) is 0 Å². The third kappa shape index (κ3) is 5.08. The van der Waals surface area contributed by atoms with Gasteiger partial charge < -0.3 is 15.3 Å². The fourth-order valence-corrected chi connectivity index (χ4v) is 4.67. The molecule has 0 bridgehead atoms. The quantitative estimate of drug-likeness (QED) is 0.355. The average Bonchev–Trinajstić information content (AvgIpc) is 3.11. The van der Waals surface area contributed by atoms with E-state index in [0.29, 0.717) is 33.9 Å². The molecular formula is C28H27ClN4O2. The highest BCUT2D eigenvalue weighted by Gasteiger charge is 2.26. The van der Waals surface area contributed by atoms with E-state index in [4.69, 9.17) is 16.6 Å². The summed E-state index contributed by atoms with van der Waals surface area (Å²) in [5, 5.41) is 3.58. The minimum Gasteiger partial charge on any atom is -0.324 e. The summed E-state index contributed by atoms with van der Waals surface area (Å²) in [5.74, 6) is -0.168. The number of aromatic nitrogens is 2. The lowest BCUT2D eigenvalue weighted by atomic mass is 9.88. The fraction of sp³-hybridized carbons (Fsp3) is 0.250. The Morgan fingerprint density at radius 1 is 0.886 bits per heavy atom. The van der Waals surface area contributed by atoms with Crippen LogP contribution in [0.1, 0.15) is 43.0 Å². The van der Waals surface area contributed by atoms with Crippen molar-refractivity contribution >= 4 is 39.9 Å². The lowest BCUT2D eigenvalue weighted by Gasteiger charge is -2.18. The molecule has 1 aromatic heterocycles. The van der Waals surface area contributed by atoms with Gasteiger partial charge in [-0.25, -0.2) is 4.79 Å². The molecular weight excluding hydrogens is 460 g/mol. The molecule has 1 aliphatic rings. The molecule has 1 amide bonds. The van der Waals surface area contributed by atoms with Gasteiger partial charge in [-0.15, -0.1) is 0 Å². The summed E-state index contributed by atoms with van der Waals surface area (Å²) in [4.78, 5) is 35.5.